The number of ether oxygens (including phenoxy) is 2. The lowest BCUT2D eigenvalue weighted by atomic mass is 9.68. The highest BCUT2D eigenvalue weighted by Gasteiger charge is 2.63. The van der Waals surface area contributed by atoms with E-state index in [1.54, 1.807) is 72.8 Å². The first-order valence-electron chi connectivity index (χ1n) is 12.8. The molecule has 3 aliphatic heterocycles. The van der Waals surface area contributed by atoms with Crippen molar-refractivity contribution >= 4 is 40.8 Å². The number of amidine groups is 1. The molecule has 40 heavy (non-hydrogen) atoms. The first kappa shape index (κ1) is 25.3. The zero-order valence-electron chi connectivity index (χ0n) is 21.9. The van der Waals surface area contributed by atoms with Crippen LogP contribution in [0, 0.1) is 11.8 Å². The predicted octanol–water partition coefficient (Wildman–Crippen LogP) is 2.78. The zero-order chi connectivity index (χ0) is 28.2. The van der Waals surface area contributed by atoms with Crippen LogP contribution in [-0.2, 0) is 24.7 Å². The van der Waals surface area contributed by atoms with E-state index in [1.165, 1.54) is 14.2 Å². The summed E-state index contributed by atoms with van der Waals surface area (Å²) >= 11 is 0. The molecule has 6 rings (SSSR count). The van der Waals surface area contributed by atoms with Gasteiger partial charge in [0.1, 0.15) is 22.9 Å². The molecule has 10 nitrogen and oxygen atoms in total. The molecule has 10 heteroatoms. The number of hydrogen-bond acceptors (Lipinski definition) is 8. The fourth-order valence-corrected chi connectivity index (χ4v) is 6.11. The highest BCUT2D eigenvalue weighted by Crippen LogP contribution is 2.54. The molecule has 202 valence electrons. The molecule has 0 spiro atoms. The van der Waals surface area contributed by atoms with Crippen LogP contribution in [0.2, 0.25) is 0 Å². The molecule has 2 atom stereocenters. The number of carbonyl (C=O) groups excluding carboxylic acids is 4. The van der Waals surface area contributed by atoms with Crippen LogP contribution in [0.15, 0.2) is 77.8 Å². The summed E-state index contributed by atoms with van der Waals surface area (Å²) < 4.78 is 10.4. The van der Waals surface area contributed by atoms with Crippen LogP contribution < -0.4 is 25.0 Å². The molecule has 2 N–H and O–H groups in total. The van der Waals surface area contributed by atoms with Gasteiger partial charge in [-0.1, -0.05) is 24.3 Å². The quantitative estimate of drug-likeness (QED) is 0.478. The monoisotopic (exact) mass is 538 g/mol. The molecule has 3 heterocycles. The van der Waals surface area contributed by atoms with Crippen LogP contribution in [0.5, 0.6) is 11.5 Å². The molecule has 0 radical (unpaired) electrons. The first-order valence-corrected chi connectivity index (χ1v) is 12.8. The van der Waals surface area contributed by atoms with Crippen molar-refractivity contribution in [1.82, 2.24) is 0 Å². The summed E-state index contributed by atoms with van der Waals surface area (Å²) in [6.07, 6.45) is -0.396. The summed E-state index contributed by atoms with van der Waals surface area (Å²) in [7, 11) is 3.05. The van der Waals surface area contributed by atoms with Crippen LogP contribution in [0.4, 0.5) is 11.4 Å². The van der Waals surface area contributed by atoms with Crippen LogP contribution in [0.1, 0.15) is 24.0 Å². The van der Waals surface area contributed by atoms with E-state index in [1.807, 2.05) is 0 Å². The number of nitrogens with two attached hydrogens (primary N) is 1. The summed E-state index contributed by atoms with van der Waals surface area (Å²) in [5.74, 6) is -2.68. The minimum Gasteiger partial charge on any atom is -0.497 e. The number of rotatable bonds is 6. The van der Waals surface area contributed by atoms with E-state index in [4.69, 9.17) is 20.2 Å². The van der Waals surface area contributed by atoms with Gasteiger partial charge >= 0.3 is 0 Å². The molecule has 4 amide bonds. The number of amides is 4. The number of fused-ring (bicyclic) bond motifs is 1. The molecule has 3 aliphatic rings. The average Bonchev–Trinajstić information content (AvgIpc) is 3.56. The maximum absolute atomic E-state index is 14.1. The maximum atomic E-state index is 14.1. The smallest absolute Gasteiger partial charge is 0.240 e. The van der Waals surface area contributed by atoms with Gasteiger partial charge in [-0.25, -0.2) is 0 Å². The van der Waals surface area contributed by atoms with Gasteiger partial charge in [-0.2, -0.15) is 0 Å². The summed E-state index contributed by atoms with van der Waals surface area (Å²) in [5.41, 5.74) is 6.73. The van der Waals surface area contributed by atoms with Crippen molar-refractivity contribution in [3.63, 3.8) is 0 Å². The van der Waals surface area contributed by atoms with Gasteiger partial charge < -0.3 is 15.2 Å². The molecule has 3 aromatic rings. The zero-order valence-corrected chi connectivity index (χ0v) is 21.9. The Labute approximate surface area is 230 Å². The number of nitrogens with zero attached hydrogens (tertiary/aromatic N) is 3. The van der Waals surface area contributed by atoms with E-state index in [9.17, 15) is 19.2 Å². The Morgan fingerprint density at radius 2 is 1.18 bits per heavy atom. The number of imide groups is 2. The highest BCUT2D eigenvalue weighted by molar-refractivity contribution is 6.24. The third kappa shape index (κ3) is 3.59. The summed E-state index contributed by atoms with van der Waals surface area (Å²) in [6, 6.07) is 20.2. The van der Waals surface area contributed by atoms with Crippen molar-refractivity contribution in [3.8, 4) is 11.5 Å². The summed E-state index contributed by atoms with van der Waals surface area (Å²) in [5, 5.41) is 0. The number of aliphatic imine (C=N–C) groups is 1. The van der Waals surface area contributed by atoms with E-state index in [2.05, 4.69) is 0 Å². The molecule has 2 saturated heterocycles. The topological polar surface area (TPSA) is 132 Å². The molecule has 0 saturated carbocycles. The van der Waals surface area contributed by atoms with Gasteiger partial charge in [0.15, 0.2) is 0 Å². The second kappa shape index (κ2) is 9.33. The fourth-order valence-electron chi connectivity index (χ4n) is 6.11. The molecule has 2 unspecified atom stereocenters. The van der Waals surface area contributed by atoms with E-state index >= 15 is 0 Å². The van der Waals surface area contributed by atoms with Gasteiger partial charge in [-0.15, -0.1) is 0 Å². The first-order chi connectivity index (χ1) is 19.3. The minimum atomic E-state index is -1.54. The Kier molecular flexibility index (Phi) is 5.90. The van der Waals surface area contributed by atoms with Crippen molar-refractivity contribution in [3.05, 3.63) is 83.9 Å². The maximum Gasteiger partial charge on any atom is 0.240 e. The second-order valence-corrected chi connectivity index (χ2v) is 9.91. The predicted molar refractivity (Wildman–Crippen MR) is 146 cm³/mol. The average molecular weight is 539 g/mol. The third-order valence-electron chi connectivity index (χ3n) is 7.96. The van der Waals surface area contributed by atoms with Crippen molar-refractivity contribution < 1.29 is 28.7 Å². The molecular formula is C30H26N4O6. The molecule has 0 bridgehead atoms. The Balaban J connectivity index is 1.45. The fraction of sp³-hybridized carbons (Fsp3) is 0.233. The molecule has 0 aromatic heterocycles. The number of carbonyl (C=O) groups is 4. The van der Waals surface area contributed by atoms with Crippen LogP contribution in [0.3, 0.4) is 0 Å². The van der Waals surface area contributed by atoms with Gasteiger partial charge in [0.25, 0.3) is 0 Å². The van der Waals surface area contributed by atoms with Gasteiger partial charge in [0.2, 0.25) is 23.6 Å². The van der Waals surface area contributed by atoms with Crippen molar-refractivity contribution in [2.75, 3.05) is 24.0 Å². The molecular weight excluding hydrogens is 512 g/mol. The molecule has 2 fully saturated rings. The van der Waals surface area contributed by atoms with Crippen LogP contribution >= 0.6 is 0 Å². The number of anilines is 2. The van der Waals surface area contributed by atoms with E-state index in [-0.39, 0.29) is 18.7 Å². The van der Waals surface area contributed by atoms with Gasteiger partial charge in [-0.3, -0.25) is 34.0 Å². The Morgan fingerprint density at radius 3 is 1.62 bits per heavy atom. The van der Waals surface area contributed by atoms with Crippen molar-refractivity contribution in [2.45, 2.75) is 18.4 Å². The summed E-state index contributed by atoms with van der Waals surface area (Å²) in [6.45, 7) is 0. The van der Waals surface area contributed by atoms with Crippen LogP contribution in [0.25, 0.3) is 0 Å². The Hall–Kier alpha value is -4.99. The number of benzene rings is 3. The number of hydrogen-bond donors (Lipinski definition) is 1. The van der Waals surface area contributed by atoms with Gasteiger partial charge in [-0.05, 0) is 54.1 Å². The summed E-state index contributed by atoms with van der Waals surface area (Å²) in [4.78, 5) is 61.9. The van der Waals surface area contributed by atoms with Crippen molar-refractivity contribution in [1.29, 1.82) is 0 Å². The minimum absolute atomic E-state index is 0.155. The second-order valence-electron chi connectivity index (χ2n) is 9.91. The number of methoxy groups -OCH3 is 2. The van der Waals surface area contributed by atoms with Crippen LogP contribution in [-0.4, -0.2) is 43.7 Å². The highest BCUT2D eigenvalue weighted by atomic mass is 16.5. The van der Waals surface area contributed by atoms with Gasteiger partial charge in [0.05, 0.1) is 37.4 Å². The Bertz CT molecular complexity index is 1490. The normalized spacial score (nSPS) is 24.0. The molecule has 3 aromatic carbocycles. The molecule has 0 aliphatic carbocycles. The van der Waals surface area contributed by atoms with Gasteiger partial charge in [0, 0.05) is 18.4 Å². The lowest BCUT2D eigenvalue weighted by Gasteiger charge is -2.36. The lowest BCUT2D eigenvalue weighted by Crippen LogP contribution is -2.47. The largest absolute Gasteiger partial charge is 0.497 e. The van der Waals surface area contributed by atoms with E-state index in [0.29, 0.717) is 34.0 Å². The third-order valence-corrected chi connectivity index (χ3v) is 7.96. The lowest BCUT2D eigenvalue weighted by molar-refractivity contribution is -0.127. The SMILES string of the molecule is COc1ccc(N2C(=O)CC(C3(C4CC(=O)N(c5ccc(OC)cc5)C4=O)N=C(N)c4ccccc43)C2=O)cc1. The van der Waals surface area contributed by atoms with E-state index < -0.39 is 41.0 Å². The standard InChI is InChI=1S/C30H26N4O6/c1-39-19-11-7-17(8-12-19)33-25(35)15-23(28(33)37)30(22-6-4-3-5-21(22)27(31)32-30)24-16-26(36)34(29(24)38)18-9-13-20(40-2)14-10-18/h3-14,23-24H,15-16H2,1-2H3,(H2,31,32). The van der Waals surface area contributed by atoms with Crippen molar-refractivity contribution in [2.24, 2.45) is 22.6 Å². The Morgan fingerprint density at radius 1 is 0.725 bits per heavy atom. The van der Waals surface area contributed by atoms with E-state index in [0.717, 1.165) is 9.80 Å².